The van der Waals surface area contributed by atoms with Gasteiger partial charge in [-0.3, -0.25) is 0 Å². The molecule has 0 aliphatic rings. The molecule has 0 fully saturated rings. The number of hydrogen-bond donors (Lipinski definition) is 0. The Hall–Kier alpha value is -1.02. The minimum absolute atomic E-state index is 0.225. The van der Waals surface area contributed by atoms with Gasteiger partial charge in [0.2, 0.25) is 0 Å². The highest BCUT2D eigenvalue weighted by molar-refractivity contribution is 6.17. The summed E-state index contributed by atoms with van der Waals surface area (Å²) in [4.78, 5) is 11.8. The number of carbonyl (C=O) groups is 1. The summed E-state index contributed by atoms with van der Waals surface area (Å²) in [5.41, 5.74) is 2.88. The largest absolute Gasteiger partial charge is 0.462 e. The summed E-state index contributed by atoms with van der Waals surface area (Å²) in [6, 6.07) is 6.01. The predicted octanol–water partition coefficient (Wildman–Crippen LogP) is 3.60. The Labute approximate surface area is 108 Å². The van der Waals surface area contributed by atoms with Crippen molar-refractivity contribution in [3.8, 4) is 0 Å². The maximum Gasteiger partial charge on any atom is 0.338 e. The van der Waals surface area contributed by atoms with Crippen LogP contribution in [0.5, 0.6) is 0 Å². The van der Waals surface area contributed by atoms with Crippen molar-refractivity contribution < 1.29 is 9.53 Å². The third kappa shape index (κ3) is 4.04. The normalized spacial score (nSPS) is 10.3. The molecule has 0 radical (unpaired) electrons. The molecule has 1 aromatic rings. The molecule has 0 amide bonds. The maximum atomic E-state index is 11.8. The number of alkyl halides is 1. The number of benzene rings is 1. The lowest BCUT2D eigenvalue weighted by atomic mass is 10.00. The van der Waals surface area contributed by atoms with Crippen LogP contribution in [-0.2, 0) is 17.6 Å². The topological polar surface area (TPSA) is 26.3 Å². The van der Waals surface area contributed by atoms with Crippen molar-refractivity contribution in [3.63, 3.8) is 0 Å². The van der Waals surface area contributed by atoms with Gasteiger partial charge in [0.15, 0.2) is 0 Å². The molecule has 0 aliphatic heterocycles. The summed E-state index contributed by atoms with van der Waals surface area (Å²) in [7, 11) is 0. The van der Waals surface area contributed by atoms with Crippen molar-refractivity contribution in [2.24, 2.45) is 0 Å². The summed E-state index contributed by atoms with van der Waals surface area (Å²) in [6.45, 7) is 4.27. The third-order valence-corrected chi connectivity index (χ3v) is 2.92. The third-order valence-electron chi connectivity index (χ3n) is 2.65. The fourth-order valence-electron chi connectivity index (χ4n) is 1.76. The van der Waals surface area contributed by atoms with Crippen LogP contribution < -0.4 is 0 Å². The van der Waals surface area contributed by atoms with Gasteiger partial charge < -0.3 is 4.74 Å². The van der Waals surface area contributed by atoms with Crippen molar-refractivity contribution in [1.29, 1.82) is 0 Å². The van der Waals surface area contributed by atoms with E-state index in [0.29, 0.717) is 18.1 Å². The molecule has 3 heteroatoms. The zero-order chi connectivity index (χ0) is 12.7. The van der Waals surface area contributed by atoms with Gasteiger partial charge in [0.25, 0.3) is 0 Å². The van der Waals surface area contributed by atoms with Gasteiger partial charge in [-0.05, 0) is 43.4 Å². The standard InChI is InChI=1S/C14H19ClO2/c1-3-12-8-7-11(6-5-9-15)10-13(12)14(16)17-4-2/h7-8,10H,3-6,9H2,1-2H3. The molecule has 0 heterocycles. The zero-order valence-electron chi connectivity index (χ0n) is 10.5. The van der Waals surface area contributed by atoms with Gasteiger partial charge in [-0.2, -0.15) is 0 Å². The van der Waals surface area contributed by atoms with E-state index in [1.165, 1.54) is 0 Å². The van der Waals surface area contributed by atoms with Crippen molar-refractivity contribution >= 4 is 17.6 Å². The summed E-state index contributed by atoms with van der Waals surface area (Å²) < 4.78 is 5.06. The maximum absolute atomic E-state index is 11.8. The smallest absolute Gasteiger partial charge is 0.338 e. The van der Waals surface area contributed by atoms with Crippen molar-refractivity contribution in [2.75, 3.05) is 12.5 Å². The van der Waals surface area contributed by atoms with E-state index in [4.69, 9.17) is 16.3 Å². The minimum Gasteiger partial charge on any atom is -0.462 e. The van der Waals surface area contributed by atoms with Crippen LogP contribution in [0.2, 0.25) is 0 Å². The SMILES string of the molecule is CCOC(=O)c1cc(CCCCl)ccc1CC. The molecule has 0 aliphatic carbocycles. The Morgan fingerprint density at radius 2 is 2.12 bits per heavy atom. The van der Waals surface area contributed by atoms with Gasteiger partial charge in [0.05, 0.1) is 12.2 Å². The lowest BCUT2D eigenvalue weighted by Gasteiger charge is -2.09. The van der Waals surface area contributed by atoms with Crippen LogP contribution in [-0.4, -0.2) is 18.5 Å². The predicted molar refractivity (Wildman–Crippen MR) is 70.8 cm³/mol. The highest BCUT2D eigenvalue weighted by Gasteiger charge is 2.12. The second-order valence-corrected chi connectivity index (χ2v) is 4.24. The van der Waals surface area contributed by atoms with Crippen molar-refractivity contribution in [2.45, 2.75) is 33.1 Å². The Morgan fingerprint density at radius 3 is 2.71 bits per heavy atom. The van der Waals surface area contributed by atoms with E-state index in [-0.39, 0.29) is 5.97 Å². The van der Waals surface area contributed by atoms with Gasteiger partial charge in [-0.1, -0.05) is 19.1 Å². The summed E-state index contributed by atoms with van der Waals surface area (Å²) in [5, 5.41) is 0. The molecule has 0 bridgehead atoms. The zero-order valence-corrected chi connectivity index (χ0v) is 11.2. The molecule has 0 unspecified atom stereocenters. The van der Waals surface area contributed by atoms with Crippen molar-refractivity contribution in [1.82, 2.24) is 0 Å². The second kappa shape index (κ2) is 7.33. The van der Waals surface area contributed by atoms with Crippen molar-refractivity contribution in [3.05, 3.63) is 34.9 Å². The van der Waals surface area contributed by atoms with Crippen LogP contribution in [0.3, 0.4) is 0 Å². The minimum atomic E-state index is -0.225. The first-order chi connectivity index (χ1) is 8.22. The van der Waals surface area contributed by atoms with Crippen LogP contribution in [0.25, 0.3) is 0 Å². The first kappa shape index (κ1) is 14.0. The first-order valence-corrected chi connectivity index (χ1v) is 6.61. The van der Waals surface area contributed by atoms with E-state index in [2.05, 4.69) is 6.07 Å². The van der Waals surface area contributed by atoms with E-state index in [1.807, 2.05) is 26.0 Å². The molecule has 0 aromatic heterocycles. The monoisotopic (exact) mass is 254 g/mol. The van der Waals surface area contributed by atoms with Crippen LogP contribution in [0, 0.1) is 0 Å². The summed E-state index contributed by atoms with van der Waals surface area (Å²) in [6.07, 6.45) is 2.67. The van der Waals surface area contributed by atoms with Gasteiger partial charge in [-0.25, -0.2) is 4.79 Å². The molecule has 0 spiro atoms. The molecule has 2 nitrogen and oxygen atoms in total. The molecule has 0 saturated carbocycles. The number of halogens is 1. The molecule has 0 N–H and O–H groups in total. The molecule has 0 atom stereocenters. The number of aryl methyl sites for hydroxylation is 2. The molecular weight excluding hydrogens is 236 g/mol. The molecule has 1 aromatic carbocycles. The quantitative estimate of drug-likeness (QED) is 0.573. The molecule has 17 heavy (non-hydrogen) atoms. The van der Waals surface area contributed by atoms with E-state index in [1.54, 1.807) is 0 Å². The molecular formula is C14H19ClO2. The van der Waals surface area contributed by atoms with Crippen LogP contribution in [0.4, 0.5) is 0 Å². The fraction of sp³-hybridized carbons (Fsp3) is 0.500. The van der Waals surface area contributed by atoms with E-state index >= 15 is 0 Å². The van der Waals surface area contributed by atoms with Crippen LogP contribution in [0.15, 0.2) is 18.2 Å². The summed E-state index contributed by atoms with van der Waals surface area (Å²) in [5.74, 6) is 0.418. The number of ether oxygens (including phenoxy) is 1. The average molecular weight is 255 g/mol. The van der Waals surface area contributed by atoms with Gasteiger partial charge in [0, 0.05) is 5.88 Å². The summed E-state index contributed by atoms with van der Waals surface area (Å²) >= 11 is 5.67. The Balaban J connectivity index is 2.93. The van der Waals surface area contributed by atoms with E-state index in [0.717, 1.165) is 30.4 Å². The highest BCUT2D eigenvalue weighted by atomic mass is 35.5. The van der Waals surface area contributed by atoms with E-state index in [9.17, 15) is 4.79 Å². The lowest BCUT2D eigenvalue weighted by Crippen LogP contribution is -2.08. The Morgan fingerprint density at radius 1 is 1.35 bits per heavy atom. The van der Waals surface area contributed by atoms with E-state index < -0.39 is 0 Å². The highest BCUT2D eigenvalue weighted by Crippen LogP contribution is 2.16. The molecule has 94 valence electrons. The number of hydrogen-bond acceptors (Lipinski definition) is 2. The van der Waals surface area contributed by atoms with Gasteiger partial charge in [0.1, 0.15) is 0 Å². The lowest BCUT2D eigenvalue weighted by molar-refractivity contribution is 0.0525. The Bertz CT molecular complexity index is 374. The van der Waals surface area contributed by atoms with Crippen LogP contribution in [0.1, 0.15) is 41.8 Å². The van der Waals surface area contributed by atoms with Crippen LogP contribution >= 0.6 is 11.6 Å². The number of esters is 1. The molecule has 1 rings (SSSR count). The Kier molecular flexibility index (Phi) is 6.06. The van der Waals surface area contributed by atoms with Gasteiger partial charge in [-0.15, -0.1) is 11.6 Å². The number of carbonyl (C=O) groups excluding carboxylic acids is 1. The first-order valence-electron chi connectivity index (χ1n) is 6.07. The fourth-order valence-corrected chi connectivity index (χ4v) is 1.89. The average Bonchev–Trinajstić information content (AvgIpc) is 2.36. The molecule has 0 saturated heterocycles. The van der Waals surface area contributed by atoms with Gasteiger partial charge >= 0.3 is 5.97 Å². The second-order valence-electron chi connectivity index (χ2n) is 3.86. The number of rotatable bonds is 6.